The summed E-state index contributed by atoms with van der Waals surface area (Å²) in [6, 6.07) is 3.82. The third-order valence-electron chi connectivity index (χ3n) is 2.35. The number of nitrogens with two attached hydrogens (primary N) is 1. The molecule has 0 bridgehead atoms. The molecule has 1 rings (SSSR count). The fourth-order valence-corrected chi connectivity index (χ4v) is 2.39. The molecule has 3 nitrogen and oxygen atoms in total. The topological polar surface area (TPSA) is 52.3 Å². The van der Waals surface area contributed by atoms with Crippen molar-refractivity contribution in [2.24, 2.45) is 5.73 Å². The van der Waals surface area contributed by atoms with E-state index in [2.05, 4.69) is 31.6 Å². The van der Waals surface area contributed by atoms with Crippen molar-refractivity contribution < 1.29 is 9.53 Å². The lowest BCUT2D eigenvalue weighted by Gasteiger charge is -2.15. The highest BCUT2D eigenvalue weighted by atomic mass is 32.1. The second-order valence-corrected chi connectivity index (χ2v) is 5.95. The zero-order valence-electron chi connectivity index (χ0n) is 10.2. The Morgan fingerprint density at radius 1 is 1.50 bits per heavy atom. The molecule has 1 aromatic rings. The van der Waals surface area contributed by atoms with Crippen molar-refractivity contribution in [1.82, 2.24) is 0 Å². The van der Waals surface area contributed by atoms with E-state index in [1.165, 1.54) is 12.0 Å². The van der Waals surface area contributed by atoms with Crippen LogP contribution < -0.4 is 5.73 Å². The minimum Gasteiger partial charge on any atom is -0.469 e. The van der Waals surface area contributed by atoms with Crippen LogP contribution in [0.15, 0.2) is 12.1 Å². The van der Waals surface area contributed by atoms with E-state index >= 15 is 0 Å². The lowest BCUT2D eigenvalue weighted by molar-refractivity contribution is -0.141. The monoisotopic (exact) mass is 241 g/mol. The third-order valence-corrected chi connectivity index (χ3v) is 3.99. The number of ether oxygens (including phenoxy) is 1. The fourth-order valence-electron chi connectivity index (χ4n) is 1.32. The lowest BCUT2D eigenvalue weighted by Crippen LogP contribution is -2.15. The average Bonchev–Trinajstić information content (AvgIpc) is 2.65. The number of hydrogen-bond donors (Lipinski definition) is 1. The highest BCUT2D eigenvalue weighted by Crippen LogP contribution is 2.32. The van der Waals surface area contributed by atoms with E-state index < -0.39 is 0 Å². The van der Waals surface area contributed by atoms with Gasteiger partial charge in [0, 0.05) is 15.8 Å². The summed E-state index contributed by atoms with van der Waals surface area (Å²) < 4.78 is 4.60. The van der Waals surface area contributed by atoms with E-state index in [9.17, 15) is 4.79 Å². The van der Waals surface area contributed by atoms with Crippen LogP contribution in [0.1, 0.15) is 43.0 Å². The Balaban J connectivity index is 2.74. The molecule has 0 aliphatic carbocycles. The molecule has 2 N–H and O–H groups in total. The van der Waals surface area contributed by atoms with E-state index in [0.29, 0.717) is 0 Å². The van der Waals surface area contributed by atoms with Gasteiger partial charge < -0.3 is 10.5 Å². The largest absolute Gasteiger partial charge is 0.469 e. The van der Waals surface area contributed by atoms with Crippen molar-refractivity contribution in [2.45, 2.75) is 38.6 Å². The van der Waals surface area contributed by atoms with Crippen LogP contribution in [0.3, 0.4) is 0 Å². The second-order valence-electron chi connectivity index (χ2n) is 4.84. The number of hydrogen-bond acceptors (Lipinski definition) is 4. The highest BCUT2D eigenvalue weighted by Gasteiger charge is 2.19. The number of rotatable bonds is 3. The number of esters is 1. The van der Waals surface area contributed by atoms with E-state index in [1.54, 1.807) is 11.3 Å². The van der Waals surface area contributed by atoms with Gasteiger partial charge in [-0.2, -0.15) is 0 Å². The molecule has 0 aliphatic heterocycles. The molecule has 0 saturated carbocycles. The first-order valence-corrected chi connectivity index (χ1v) is 6.09. The molecule has 1 atom stereocenters. The average molecular weight is 241 g/mol. The van der Waals surface area contributed by atoms with Crippen LogP contribution in [-0.2, 0) is 14.9 Å². The Morgan fingerprint density at radius 3 is 2.56 bits per heavy atom. The third kappa shape index (κ3) is 3.32. The normalized spacial score (nSPS) is 13.6. The summed E-state index contributed by atoms with van der Waals surface area (Å²) >= 11 is 1.67. The minimum atomic E-state index is -0.266. The maximum Gasteiger partial charge on any atom is 0.307 e. The zero-order chi connectivity index (χ0) is 12.3. The molecule has 4 heteroatoms. The van der Waals surface area contributed by atoms with Crippen molar-refractivity contribution in [2.75, 3.05) is 7.11 Å². The maximum atomic E-state index is 11.1. The van der Waals surface area contributed by atoms with Gasteiger partial charge in [0.05, 0.1) is 13.5 Å². The number of carbonyl (C=O) groups is 1. The van der Waals surface area contributed by atoms with Gasteiger partial charge in [-0.25, -0.2) is 0 Å². The summed E-state index contributed by atoms with van der Waals surface area (Å²) in [5.41, 5.74) is 6.07. The molecule has 1 heterocycles. The van der Waals surface area contributed by atoms with E-state index in [0.717, 1.165) is 4.88 Å². The molecule has 0 amide bonds. The Kier molecular flexibility index (Phi) is 4.10. The molecule has 0 fully saturated rings. The molecule has 0 aliphatic rings. The van der Waals surface area contributed by atoms with Gasteiger partial charge in [-0.3, -0.25) is 4.79 Å². The van der Waals surface area contributed by atoms with Crippen molar-refractivity contribution in [3.8, 4) is 0 Å². The zero-order valence-corrected chi connectivity index (χ0v) is 11.1. The molecular formula is C12H19NO2S. The second kappa shape index (κ2) is 4.97. The predicted molar refractivity (Wildman–Crippen MR) is 66.6 cm³/mol. The van der Waals surface area contributed by atoms with Crippen LogP contribution in [0, 0.1) is 0 Å². The summed E-state index contributed by atoms with van der Waals surface area (Å²) in [6.45, 7) is 6.48. The van der Waals surface area contributed by atoms with Gasteiger partial charge in [-0.15, -0.1) is 11.3 Å². The standard InChI is InChI=1S/C12H19NO2S/c1-12(2,3)10-6-5-9(16-10)8(13)7-11(14)15-4/h5-6,8H,7,13H2,1-4H3/t8-/m0/s1. The fraction of sp³-hybridized carbons (Fsp3) is 0.583. The molecule has 0 radical (unpaired) electrons. The Hall–Kier alpha value is -0.870. The van der Waals surface area contributed by atoms with Crippen LogP contribution in [0.25, 0.3) is 0 Å². The molecular weight excluding hydrogens is 222 g/mol. The molecule has 0 spiro atoms. The van der Waals surface area contributed by atoms with E-state index in [1.807, 2.05) is 6.07 Å². The van der Waals surface area contributed by atoms with Crippen molar-refractivity contribution in [1.29, 1.82) is 0 Å². The summed E-state index contributed by atoms with van der Waals surface area (Å²) in [5, 5.41) is 0. The molecule has 90 valence electrons. The van der Waals surface area contributed by atoms with Gasteiger partial charge in [0.25, 0.3) is 0 Å². The molecule has 16 heavy (non-hydrogen) atoms. The van der Waals surface area contributed by atoms with E-state index in [4.69, 9.17) is 5.73 Å². The number of thiophene rings is 1. The minimum absolute atomic E-state index is 0.133. The quantitative estimate of drug-likeness (QED) is 0.828. The van der Waals surface area contributed by atoms with Gasteiger partial charge in [0.2, 0.25) is 0 Å². The lowest BCUT2D eigenvalue weighted by atomic mass is 9.95. The van der Waals surface area contributed by atoms with Crippen LogP contribution >= 0.6 is 11.3 Å². The number of carbonyl (C=O) groups excluding carboxylic acids is 1. The highest BCUT2D eigenvalue weighted by molar-refractivity contribution is 7.12. The predicted octanol–water partition coefficient (Wildman–Crippen LogP) is 2.61. The van der Waals surface area contributed by atoms with Gasteiger partial charge in [0.15, 0.2) is 0 Å². The van der Waals surface area contributed by atoms with Gasteiger partial charge in [0.1, 0.15) is 0 Å². The smallest absolute Gasteiger partial charge is 0.307 e. The Bertz CT molecular complexity index is 365. The summed E-state index contributed by atoms with van der Waals surface area (Å²) in [4.78, 5) is 13.4. The van der Waals surface area contributed by atoms with Gasteiger partial charge >= 0.3 is 5.97 Å². The molecule has 0 saturated heterocycles. The number of methoxy groups -OCH3 is 1. The van der Waals surface area contributed by atoms with Crippen LogP contribution in [-0.4, -0.2) is 13.1 Å². The van der Waals surface area contributed by atoms with Crippen molar-refractivity contribution in [3.63, 3.8) is 0 Å². The first kappa shape index (κ1) is 13.2. The maximum absolute atomic E-state index is 11.1. The van der Waals surface area contributed by atoms with Crippen molar-refractivity contribution >= 4 is 17.3 Å². The summed E-state index contributed by atoms with van der Waals surface area (Å²) in [6.07, 6.45) is 0.237. The first-order valence-electron chi connectivity index (χ1n) is 5.27. The van der Waals surface area contributed by atoms with Crippen LogP contribution in [0.2, 0.25) is 0 Å². The first-order chi connectivity index (χ1) is 7.34. The van der Waals surface area contributed by atoms with Crippen molar-refractivity contribution in [3.05, 3.63) is 21.9 Å². The molecule has 1 aromatic heterocycles. The SMILES string of the molecule is COC(=O)C[C@H](N)c1ccc(C(C)(C)C)s1. The summed E-state index contributed by atoms with van der Waals surface area (Å²) in [7, 11) is 1.38. The van der Waals surface area contributed by atoms with Crippen LogP contribution in [0.5, 0.6) is 0 Å². The van der Waals surface area contributed by atoms with Gasteiger partial charge in [-0.1, -0.05) is 20.8 Å². The Morgan fingerprint density at radius 2 is 2.12 bits per heavy atom. The summed E-state index contributed by atoms with van der Waals surface area (Å²) in [5.74, 6) is -0.266. The van der Waals surface area contributed by atoms with E-state index in [-0.39, 0.29) is 23.8 Å². The van der Waals surface area contributed by atoms with Crippen LogP contribution in [0.4, 0.5) is 0 Å². The van der Waals surface area contributed by atoms with Gasteiger partial charge in [-0.05, 0) is 17.5 Å². The Labute approximate surface area is 101 Å². The molecule has 0 aromatic carbocycles. The molecule has 0 unspecified atom stereocenters.